The molecule has 4 nitrogen and oxygen atoms in total. The highest BCUT2D eigenvalue weighted by atomic mass is 127. The number of halogens is 2. The van der Waals surface area contributed by atoms with Gasteiger partial charge in [-0.05, 0) is 24.6 Å². The average molecular weight is 382 g/mol. The molecular weight excluding hydrogens is 365 g/mol. The van der Waals surface area contributed by atoms with E-state index in [1.54, 1.807) is 0 Å². The van der Waals surface area contributed by atoms with Gasteiger partial charge < -0.3 is 15.0 Å². The normalized spacial score (nSPS) is 14.9. The molecular formula is C12H17ClIN3O. The van der Waals surface area contributed by atoms with Gasteiger partial charge in [0.2, 0.25) is 0 Å². The molecule has 1 fully saturated rings. The first-order valence-electron chi connectivity index (χ1n) is 5.61. The number of nitrogens with one attached hydrogen (secondary N) is 2. The van der Waals surface area contributed by atoms with Gasteiger partial charge in [-0.2, -0.15) is 0 Å². The molecule has 18 heavy (non-hydrogen) atoms. The van der Waals surface area contributed by atoms with Gasteiger partial charge in [-0.3, -0.25) is 5.41 Å². The van der Waals surface area contributed by atoms with E-state index in [1.165, 1.54) is 0 Å². The SMILES string of the molecule is Cc1ccc(NC(=N)N2CCOCC2)c(Cl)c1.I. The Labute approximate surface area is 129 Å². The maximum Gasteiger partial charge on any atom is 0.195 e. The lowest BCUT2D eigenvalue weighted by molar-refractivity contribution is 0.0677. The van der Waals surface area contributed by atoms with E-state index in [-0.39, 0.29) is 24.0 Å². The quantitative estimate of drug-likeness (QED) is 0.447. The molecule has 1 aromatic rings. The minimum Gasteiger partial charge on any atom is -0.378 e. The van der Waals surface area contributed by atoms with E-state index < -0.39 is 0 Å². The smallest absolute Gasteiger partial charge is 0.195 e. The molecule has 0 spiro atoms. The number of aryl methyl sites for hydroxylation is 1. The third kappa shape index (κ3) is 4.00. The van der Waals surface area contributed by atoms with Crippen LogP contribution in [-0.4, -0.2) is 37.2 Å². The number of hydrogen-bond donors (Lipinski definition) is 2. The summed E-state index contributed by atoms with van der Waals surface area (Å²) in [7, 11) is 0. The third-order valence-corrected chi connectivity index (χ3v) is 3.02. The molecule has 0 saturated carbocycles. The lowest BCUT2D eigenvalue weighted by Gasteiger charge is -2.29. The van der Waals surface area contributed by atoms with Crippen LogP contribution in [0.4, 0.5) is 5.69 Å². The molecule has 1 aromatic carbocycles. The Balaban J connectivity index is 0.00000162. The van der Waals surface area contributed by atoms with Crippen molar-refractivity contribution in [3.63, 3.8) is 0 Å². The van der Waals surface area contributed by atoms with E-state index in [4.69, 9.17) is 21.7 Å². The number of nitrogens with zero attached hydrogens (tertiary/aromatic N) is 1. The molecule has 100 valence electrons. The van der Waals surface area contributed by atoms with Crippen LogP contribution in [0.1, 0.15) is 5.56 Å². The number of rotatable bonds is 1. The van der Waals surface area contributed by atoms with Gasteiger partial charge in [-0.1, -0.05) is 17.7 Å². The molecule has 0 radical (unpaired) electrons. The molecule has 2 rings (SSSR count). The molecule has 0 unspecified atom stereocenters. The van der Waals surface area contributed by atoms with Gasteiger partial charge in [0.05, 0.1) is 23.9 Å². The summed E-state index contributed by atoms with van der Waals surface area (Å²) in [6.45, 7) is 4.82. The Bertz CT molecular complexity index is 422. The summed E-state index contributed by atoms with van der Waals surface area (Å²) in [4.78, 5) is 1.94. The van der Waals surface area contributed by atoms with Crippen molar-refractivity contribution in [1.82, 2.24) is 4.90 Å². The zero-order valence-electron chi connectivity index (χ0n) is 10.2. The summed E-state index contributed by atoms with van der Waals surface area (Å²) in [5.41, 5.74) is 1.88. The maximum absolute atomic E-state index is 7.97. The first kappa shape index (κ1) is 15.5. The number of ether oxygens (including phenoxy) is 1. The van der Waals surface area contributed by atoms with Crippen LogP contribution in [0, 0.1) is 12.3 Å². The van der Waals surface area contributed by atoms with Gasteiger partial charge in [0.25, 0.3) is 0 Å². The van der Waals surface area contributed by atoms with Crippen molar-refractivity contribution in [2.45, 2.75) is 6.92 Å². The summed E-state index contributed by atoms with van der Waals surface area (Å²) in [6, 6.07) is 5.75. The second-order valence-corrected chi connectivity index (χ2v) is 4.46. The van der Waals surface area contributed by atoms with E-state index in [1.807, 2.05) is 30.0 Å². The van der Waals surface area contributed by atoms with E-state index in [0.29, 0.717) is 24.2 Å². The predicted molar refractivity (Wildman–Crippen MR) is 85.3 cm³/mol. The molecule has 1 saturated heterocycles. The van der Waals surface area contributed by atoms with Gasteiger partial charge in [0, 0.05) is 13.1 Å². The van der Waals surface area contributed by atoms with Crippen molar-refractivity contribution >= 4 is 47.2 Å². The van der Waals surface area contributed by atoms with Crippen molar-refractivity contribution in [3.05, 3.63) is 28.8 Å². The molecule has 1 aliphatic heterocycles. The highest BCUT2D eigenvalue weighted by molar-refractivity contribution is 14.0. The third-order valence-electron chi connectivity index (χ3n) is 2.70. The number of benzene rings is 1. The second-order valence-electron chi connectivity index (χ2n) is 4.06. The molecule has 0 aliphatic carbocycles. The van der Waals surface area contributed by atoms with E-state index in [0.717, 1.165) is 24.3 Å². The summed E-state index contributed by atoms with van der Waals surface area (Å²) in [5.74, 6) is 0.374. The predicted octanol–water partition coefficient (Wildman–Crippen LogP) is 2.95. The van der Waals surface area contributed by atoms with Gasteiger partial charge in [0.15, 0.2) is 5.96 Å². The summed E-state index contributed by atoms with van der Waals surface area (Å²) >= 11 is 6.11. The Kier molecular flexibility index (Phi) is 6.17. The van der Waals surface area contributed by atoms with Crippen LogP contribution in [0.25, 0.3) is 0 Å². The highest BCUT2D eigenvalue weighted by Crippen LogP contribution is 2.22. The highest BCUT2D eigenvalue weighted by Gasteiger charge is 2.14. The topological polar surface area (TPSA) is 48.4 Å². The number of morpholine rings is 1. The van der Waals surface area contributed by atoms with Crippen molar-refractivity contribution in [2.24, 2.45) is 0 Å². The summed E-state index contributed by atoms with van der Waals surface area (Å²) in [6.07, 6.45) is 0. The minimum atomic E-state index is 0. The lowest BCUT2D eigenvalue weighted by Crippen LogP contribution is -2.43. The van der Waals surface area contributed by atoms with E-state index >= 15 is 0 Å². The molecule has 0 aromatic heterocycles. The Hall–Kier alpha value is -0.530. The van der Waals surface area contributed by atoms with Crippen LogP contribution in [0.2, 0.25) is 5.02 Å². The number of anilines is 1. The first-order valence-corrected chi connectivity index (χ1v) is 5.99. The Morgan fingerprint density at radius 1 is 1.39 bits per heavy atom. The molecule has 6 heteroatoms. The van der Waals surface area contributed by atoms with Crippen LogP contribution in [-0.2, 0) is 4.74 Å². The van der Waals surface area contributed by atoms with Crippen LogP contribution >= 0.6 is 35.6 Å². The minimum absolute atomic E-state index is 0. The van der Waals surface area contributed by atoms with E-state index in [2.05, 4.69) is 5.32 Å². The largest absolute Gasteiger partial charge is 0.378 e. The van der Waals surface area contributed by atoms with Crippen LogP contribution in [0.3, 0.4) is 0 Å². The molecule has 0 bridgehead atoms. The molecule has 1 heterocycles. The second kappa shape index (κ2) is 7.16. The van der Waals surface area contributed by atoms with Crippen LogP contribution in [0.15, 0.2) is 18.2 Å². The zero-order chi connectivity index (χ0) is 12.3. The van der Waals surface area contributed by atoms with Gasteiger partial charge in [0.1, 0.15) is 0 Å². The standard InChI is InChI=1S/C12H16ClN3O.HI/c1-9-2-3-11(10(13)8-9)15-12(14)16-4-6-17-7-5-16;/h2-3,8H,4-7H2,1H3,(H2,14,15);1H. The Morgan fingerprint density at radius 3 is 2.67 bits per heavy atom. The molecule has 1 aliphatic rings. The van der Waals surface area contributed by atoms with Crippen LogP contribution in [0.5, 0.6) is 0 Å². The Morgan fingerprint density at radius 2 is 2.06 bits per heavy atom. The molecule has 0 amide bonds. The fourth-order valence-electron chi connectivity index (χ4n) is 1.72. The lowest BCUT2D eigenvalue weighted by atomic mass is 10.2. The molecule has 2 N–H and O–H groups in total. The van der Waals surface area contributed by atoms with Gasteiger partial charge in [-0.25, -0.2) is 0 Å². The van der Waals surface area contributed by atoms with Crippen molar-refractivity contribution in [1.29, 1.82) is 5.41 Å². The fourth-order valence-corrected chi connectivity index (χ4v) is 2.00. The number of hydrogen-bond acceptors (Lipinski definition) is 2. The fraction of sp³-hybridized carbons (Fsp3) is 0.417. The summed E-state index contributed by atoms with van der Waals surface area (Å²) < 4.78 is 5.25. The average Bonchev–Trinajstić information content (AvgIpc) is 2.34. The molecule has 0 atom stereocenters. The van der Waals surface area contributed by atoms with Crippen molar-refractivity contribution in [2.75, 3.05) is 31.6 Å². The van der Waals surface area contributed by atoms with Gasteiger partial charge >= 0.3 is 0 Å². The zero-order valence-corrected chi connectivity index (χ0v) is 13.3. The monoisotopic (exact) mass is 381 g/mol. The number of guanidine groups is 1. The van der Waals surface area contributed by atoms with Crippen molar-refractivity contribution in [3.8, 4) is 0 Å². The first-order chi connectivity index (χ1) is 8.16. The van der Waals surface area contributed by atoms with E-state index in [9.17, 15) is 0 Å². The van der Waals surface area contributed by atoms with Crippen molar-refractivity contribution < 1.29 is 4.74 Å². The van der Waals surface area contributed by atoms with Gasteiger partial charge in [-0.15, -0.1) is 24.0 Å². The van der Waals surface area contributed by atoms with Crippen LogP contribution < -0.4 is 5.32 Å². The summed E-state index contributed by atoms with van der Waals surface area (Å²) in [5, 5.41) is 11.6. The maximum atomic E-state index is 7.97.